The Hall–Kier alpha value is -0.920. The fraction of sp³-hybridized carbons (Fsp3) is 0.500. The maximum Gasteiger partial charge on any atom is 0.387 e. The smallest absolute Gasteiger partial charge is 0.387 e. The maximum atomic E-state index is 12.3. The Morgan fingerprint density at radius 3 is 2.95 bits per heavy atom. The van der Waals surface area contributed by atoms with Gasteiger partial charge in [-0.25, -0.2) is 0 Å². The second kappa shape index (κ2) is 6.29. The Balaban J connectivity index is 1.90. The lowest BCUT2D eigenvalue weighted by molar-refractivity contribution is -0.0686. The lowest BCUT2D eigenvalue weighted by atomic mass is 10.1. The van der Waals surface area contributed by atoms with Crippen molar-refractivity contribution in [2.45, 2.75) is 37.2 Å². The van der Waals surface area contributed by atoms with Crippen LogP contribution in [-0.2, 0) is 4.74 Å². The molecule has 0 bridgehead atoms. The zero-order valence-corrected chi connectivity index (χ0v) is 14.0. The van der Waals surface area contributed by atoms with Crippen molar-refractivity contribution in [3.8, 4) is 5.75 Å². The van der Waals surface area contributed by atoms with Gasteiger partial charge in [-0.15, -0.1) is 0 Å². The number of benzene rings is 1. The third-order valence-corrected chi connectivity index (χ3v) is 4.85. The van der Waals surface area contributed by atoms with Gasteiger partial charge < -0.3 is 14.4 Å². The molecular weight excluding hydrogens is 382 g/mol. The Kier molecular flexibility index (Phi) is 4.56. The van der Waals surface area contributed by atoms with Crippen LogP contribution >= 0.6 is 27.5 Å². The number of halogens is 4. The summed E-state index contributed by atoms with van der Waals surface area (Å²) in [5.41, 5.74) is 0.746. The molecule has 0 amide bonds. The first-order valence-corrected chi connectivity index (χ1v) is 8.13. The van der Waals surface area contributed by atoms with Crippen LogP contribution in [0.2, 0.25) is 5.02 Å². The zero-order chi connectivity index (χ0) is 15.9. The summed E-state index contributed by atoms with van der Waals surface area (Å²) in [7, 11) is 0. The highest BCUT2D eigenvalue weighted by Crippen LogP contribution is 2.35. The molecule has 3 atom stereocenters. The molecule has 2 aliphatic rings. The molecule has 0 spiro atoms. The van der Waals surface area contributed by atoms with Gasteiger partial charge in [0.05, 0.1) is 17.7 Å². The SMILES string of the molecule is CC1OCCC2C(Br)N=C(c3ccc(OC(F)F)c(Cl)c3)N12. The van der Waals surface area contributed by atoms with Gasteiger partial charge in [-0.1, -0.05) is 27.5 Å². The number of aliphatic imine (C=N–C) groups is 1. The first kappa shape index (κ1) is 16.0. The van der Waals surface area contributed by atoms with Crippen LogP contribution in [0.1, 0.15) is 18.9 Å². The summed E-state index contributed by atoms with van der Waals surface area (Å²) in [6.45, 7) is -0.253. The van der Waals surface area contributed by atoms with Crippen LogP contribution in [-0.4, -0.2) is 41.2 Å². The van der Waals surface area contributed by atoms with Gasteiger partial charge in [0.15, 0.2) is 0 Å². The number of amidine groups is 1. The van der Waals surface area contributed by atoms with E-state index in [-0.39, 0.29) is 28.0 Å². The molecule has 1 fully saturated rings. The molecule has 0 N–H and O–H groups in total. The number of fused-ring (bicyclic) bond motifs is 1. The summed E-state index contributed by atoms with van der Waals surface area (Å²) in [5, 5.41) is 0.126. The molecule has 3 unspecified atom stereocenters. The molecule has 2 heterocycles. The van der Waals surface area contributed by atoms with Gasteiger partial charge >= 0.3 is 6.61 Å². The minimum Gasteiger partial charge on any atom is -0.433 e. The Morgan fingerprint density at radius 1 is 1.50 bits per heavy atom. The van der Waals surface area contributed by atoms with E-state index in [0.717, 1.165) is 17.8 Å². The zero-order valence-electron chi connectivity index (χ0n) is 11.7. The Bertz CT molecular complexity index is 602. The molecule has 8 heteroatoms. The summed E-state index contributed by atoms with van der Waals surface area (Å²) in [6.07, 6.45) is 0.768. The van der Waals surface area contributed by atoms with Crippen LogP contribution in [0.3, 0.4) is 0 Å². The monoisotopic (exact) mass is 394 g/mol. The lowest BCUT2D eigenvalue weighted by Gasteiger charge is -2.38. The molecule has 1 saturated heterocycles. The maximum absolute atomic E-state index is 12.3. The third-order valence-electron chi connectivity index (χ3n) is 3.74. The van der Waals surface area contributed by atoms with Crippen LogP contribution < -0.4 is 4.74 Å². The molecule has 4 nitrogen and oxygen atoms in total. The highest BCUT2D eigenvalue weighted by molar-refractivity contribution is 9.09. The lowest BCUT2D eigenvalue weighted by Crippen LogP contribution is -2.50. The number of ether oxygens (including phenoxy) is 2. The predicted molar refractivity (Wildman–Crippen MR) is 83.0 cm³/mol. The molecule has 22 heavy (non-hydrogen) atoms. The van der Waals surface area contributed by atoms with Gasteiger partial charge in [-0.05, 0) is 31.5 Å². The van der Waals surface area contributed by atoms with E-state index in [9.17, 15) is 8.78 Å². The summed E-state index contributed by atoms with van der Waals surface area (Å²) >= 11 is 9.59. The number of nitrogens with zero attached hydrogens (tertiary/aromatic N) is 2. The normalized spacial score (nSPS) is 27.8. The van der Waals surface area contributed by atoms with Crippen molar-refractivity contribution in [3.05, 3.63) is 28.8 Å². The third kappa shape index (κ3) is 2.94. The van der Waals surface area contributed by atoms with Gasteiger partial charge in [0.2, 0.25) is 0 Å². The van der Waals surface area contributed by atoms with E-state index in [1.807, 2.05) is 6.92 Å². The van der Waals surface area contributed by atoms with E-state index in [0.29, 0.717) is 6.61 Å². The first-order chi connectivity index (χ1) is 10.5. The van der Waals surface area contributed by atoms with E-state index in [1.54, 1.807) is 12.1 Å². The molecule has 0 aliphatic carbocycles. The van der Waals surface area contributed by atoms with Gasteiger partial charge in [0, 0.05) is 5.56 Å². The molecule has 0 radical (unpaired) electrons. The highest BCUT2D eigenvalue weighted by Gasteiger charge is 2.40. The number of hydrogen-bond acceptors (Lipinski definition) is 4. The molecule has 120 valence electrons. The fourth-order valence-electron chi connectivity index (χ4n) is 2.77. The van der Waals surface area contributed by atoms with Gasteiger partial charge in [0.1, 0.15) is 22.8 Å². The van der Waals surface area contributed by atoms with Crippen molar-refractivity contribution in [3.63, 3.8) is 0 Å². The molecule has 1 aromatic rings. The average molecular weight is 396 g/mol. The molecule has 1 aromatic carbocycles. The standard InChI is InChI=1S/C14H14BrClF2N2O2/c1-7-20-10(4-5-21-7)12(15)19-13(20)8-2-3-11(9(16)6-8)22-14(17)18/h2-3,6-7,10,12,14H,4-5H2,1H3. The van der Waals surface area contributed by atoms with Crippen LogP contribution in [0, 0.1) is 0 Å². The summed E-state index contributed by atoms with van der Waals surface area (Å²) in [6, 6.07) is 4.90. The fourth-order valence-corrected chi connectivity index (χ4v) is 3.71. The quantitative estimate of drug-likeness (QED) is 0.576. The van der Waals surface area contributed by atoms with Crippen LogP contribution in [0.25, 0.3) is 0 Å². The number of rotatable bonds is 3. The Labute approximate surface area is 140 Å². The predicted octanol–water partition coefficient (Wildman–Crippen LogP) is 3.86. The van der Waals surface area contributed by atoms with Crippen LogP contribution in [0.15, 0.2) is 23.2 Å². The Morgan fingerprint density at radius 2 is 2.27 bits per heavy atom. The van der Waals surface area contributed by atoms with E-state index in [4.69, 9.17) is 16.3 Å². The summed E-state index contributed by atoms with van der Waals surface area (Å²) in [5.74, 6) is 0.693. The van der Waals surface area contributed by atoms with Gasteiger partial charge in [-0.3, -0.25) is 4.99 Å². The summed E-state index contributed by atoms with van der Waals surface area (Å²) < 4.78 is 34.6. The van der Waals surface area contributed by atoms with Crippen molar-refractivity contribution in [1.29, 1.82) is 0 Å². The summed E-state index contributed by atoms with van der Waals surface area (Å²) in [4.78, 5) is 6.68. The van der Waals surface area contributed by atoms with E-state index < -0.39 is 6.61 Å². The number of hydrogen-bond donors (Lipinski definition) is 0. The minimum atomic E-state index is -2.90. The van der Waals surface area contributed by atoms with Crippen molar-refractivity contribution >= 4 is 33.4 Å². The molecule has 3 rings (SSSR count). The second-order valence-electron chi connectivity index (χ2n) is 5.08. The highest BCUT2D eigenvalue weighted by atomic mass is 79.9. The minimum absolute atomic E-state index is 0.0235. The largest absolute Gasteiger partial charge is 0.433 e. The van der Waals surface area contributed by atoms with Gasteiger partial charge in [-0.2, -0.15) is 8.78 Å². The van der Waals surface area contributed by atoms with E-state index >= 15 is 0 Å². The molecule has 2 aliphatic heterocycles. The van der Waals surface area contributed by atoms with Crippen LogP contribution in [0.5, 0.6) is 5.75 Å². The molecular formula is C14H14BrClF2N2O2. The van der Waals surface area contributed by atoms with Crippen LogP contribution in [0.4, 0.5) is 8.78 Å². The topological polar surface area (TPSA) is 34.1 Å². The first-order valence-electron chi connectivity index (χ1n) is 6.84. The van der Waals surface area contributed by atoms with E-state index in [1.165, 1.54) is 6.07 Å². The van der Waals surface area contributed by atoms with Gasteiger partial charge in [0.25, 0.3) is 0 Å². The van der Waals surface area contributed by atoms with E-state index in [2.05, 4.69) is 30.6 Å². The molecule has 0 aromatic heterocycles. The van der Waals surface area contributed by atoms with Crippen molar-refractivity contribution < 1.29 is 18.3 Å². The van der Waals surface area contributed by atoms with Crippen molar-refractivity contribution in [1.82, 2.24) is 4.90 Å². The number of alkyl halides is 3. The van der Waals surface area contributed by atoms with Crippen molar-refractivity contribution in [2.24, 2.45) is 4.99 Å². The van der Waals surface area contributed by atoms with Crippen molar-refractivity contribution in [2.75, 3.05) is 6.61 Å². The second-order valence-corrected chi connectivity index (χ2v) is 6.43. The average Bonchev–Trinajstić information content (AvgIpc) is 2.80. The molecule has 0 saturated carbocycles.